The number of hydrogen-bond acceptors (Lipinski definition) is 2. The number of hydrogen-bond donors (Lipinski definition) is 0. The highest BCUT2D eigenvalue weighted by molar-refractivity contribution is 6.30. The summed E-state index contributed by atoms with van der Waals surface area (Å²) in [7, 11) is 0. The van der Waals surface area contributed by atoms with Gasteiger partial charge in [-0.3, -0.25) is 4.68 Å². The first-order chi connectivity index (χ1) is 7.70. The Hall–Kier alpha value is -1.79. The molecular weight excluding hydrogens is 222 g/mol. The van der Waals surface area contributed by atoms with Crippen molar-refractivity contribution in [2.45, 2.75) is 13.5 Å². The average molecular weight is 232 g/mol. The fourth-order valence-corrected chi connectivity index (χ4v) is 1.74. The summed E-state index contributed by atoms with van der Waals surface area (Å²) in [5.41, 5.74) is 3.17. The Labute approximate surface area is 98.9 Å². The zero-order chi connectivity index (χ0) is 11.5. The van der Waals surface area contributed by atoms with Crippen LogP contribution in [0.5, 0.6) is 0 Å². The first-order valence-electron chi connectivity index (χ1n) is 4.86. The molecule has 0 aliphatic heterocycles. The SMILES string of the molecule is Cc1ccc(Cl)cc1-c1cnn(CC#N)c1. The third-order valence-corrected chi connectivity index (χ3v) is 2.61. The minimum atomic E-state index is 0.264. The molecule has 0 bridgehead atoms. The molecule has 1 aromatic heterocycles. The predicted molar refractivity (Wildman–Crippen MR) is 63.0 cm³/mol. The van der Waals surface area contributed by atoms with Crippen molar-refractivity contribution in [2.75, 3.05) is 0 Å². The Morgan fingerprint density at radius 1 is 1.50 bits per heavy atom. The van der Waals surface area contributed by atoms with E-state index in [4.69, 9.17) is 16.9 Å². The van der Waals surface area contributed by atoms with Crippen molar-refractivity contribution in [2.24, 2.45) is 0 Å². The summed E-state index contributed by atoms with van der Waals surface area (Å²) in [6.45, 7) is 2.28. The summed E-state index contributed by atoms with van der Waals surface area (Å²) in [6, 6.07) is 7.79. The molecule has 0 saturated heterocycles. The second-order valence-electron chi connectivity index (χ2n) is 3.54. The van der Waals surface area contributed by atoms with Crippen molar-refractivity contribution in [1.82, 2.24) is 9.78 Å². The molecular formula is C12H10ClN3. The van der Waals surface area contributed by atoms with Crippen LogP contribution in [0.25, 0.3) is 11.1 Å². The molecule has 0 aliphatic rings. The van der Waals surface area contributed by atoms with E-state index in [2.05, 4.69) is 5.10 Å². The van der Waals surface area contributed by atoms with Gasteiger partial charge in [0.05, 0.1) is 12.3 Å². The zero-order valence-electron chi connectivity index (χ0n) is 8.81. The van der Waals surface area contributed by atoms with Crippen molar-refractivity contribution in [3.05, 3.63) is 41.2 Å². The number of aryl methyl sites for hydroxylation is 1. The summed E-state index contributed by atoms with van der Waals surface area (Å²) in [4.78, 5) is 0. The molecule has 0 radical (unpaired) electrons. The van der Waals surface area contributed by atoms with Crippen LogP contribution in [0.3, 0.4) is 0 Å². The van der Waals surface area contributed by atoms with Crippen molar-refractivity contribution in [1.29, 1.82) is 5.26 Å². The molecule has 2 aromatic rings. The predicted octanol–water partition coefficient (Wildman–Crippen LogP) is 3.04. The van der Waals surface area contributed by atoms with Crippen molar-refractivity contribution >= 4 is 11.6 Å². The standard InChI is InChI=1S/C12H10ClN3/c1-9-2-3-11(13)6-12(9)10-7-15-16(8-10)5-4-14/h2-3,6-8H,5H2,1H3. The molecule has 80 valence electrons. The molecule has 0 unspecified atom stereocenters. The minimum Gasteiger partial charge on any atom is -0.258 e. The van der Waals surface area contributed by atoms with Gasteiger partial charge in [-0.25, -0.2) is 0 Å². The van der Waals surface area contributed by atoms with E-state index in [0.717, 1.165) is 16.7 Å². The van der Waals surface area contributed by atoms with E-state index >= 15 is 0 Å². The molecule has 0 spiro atoms. The van der Waals surface area contributed by atoms with Crippen molar-refractivity contribution in [3.8, 4) is 17.2 Å². The van der Waals surface area contributed by atoms with Crippen LogP contribution in [0.15, 0.2) is 30.6 Å². The molecule has 2 rings (SSSR count). The van der Waals surface area contributed by atoms with Crippen LogP contribution in [-0.2, 0) is 6.54 Å². The third kappa shape index (κ3) is 2.07. The monoisotopic (exact) mass is 231 g/mol. The summed E-state index contributed by atoms with van der Waals surface area (Å²) < 4.78 is 1.61. The maximum absolute atomic E-state index is 8.57. The molecule has 0 fully saturated rings. The maximum atomic E-state index is 8.57. The number of rotatable bonds is 2. The van der Waals surface area contributed by atoms with Crippen LogP contribution < -0.4 is 0 Å². The number of nitrogens with zero attached hydrogens (tertiary/aromatic N) is 3. The first-order valence-corrected chi connectivity index (χ1v) is 5.24. The van der Waals surface area contributed by atoms with Gasteiger partial charge in [-0.05, 0) is 30.2 Å². The highest BCUT2D eigenvalue weighted by Gasteiger charge is 2.05. The lowest BCUT2D eigenvalue weighted by molar-refractivity contribution is 0.710. The Balaban J connectivity index is 2.42. The van der Waals surface area contributed by atoms with Crippen LogP contribution >= 0.6 is 11.6 Å². The highest BCUT2D eigenvalue weighted by Crippen LogP contribution is 2.25. The van der Waals surface area contributed by atoms with Crippen molar-refractivity contribution in [3.63, 3.8) is 0 Å². The van der Waals surface area contributed by atoms with Crippen LogP contribution in [0, 0.1) is 18.3 Å². The van der Waals surface area contributed by atoms with Gasteiger partial charge in [0.15, 0.2) is 0 Å². The average Bonchev–Trinajstić information content (AvgIpc) is 2.71. The van der Waals surface area contributed by atoms with Gasteiger partial charge in [-0.1, -0.05) is 17.7 Å². The van der Waals surface area contributed by atoms with Crippen LogP contribution in [0.4, 0.5) is 0 Å². The number of benzene rings is 1. The van der Waals surface area contributed by atoms with E-state index in [1.165, 1.54) is 0 Å². The summed E-state index contributed by atoms with van der Waals surface area (Å²) >= 11 is 5.96. The van der Waals surface area contributed by atoms with E-state index in [0.29, 0.717) is 5.02 Å². The van der Waals surface area contributed by atoms with Crippen molar-refractivity contribution < 1.29 is 0 Å². The Bertz CT molecular complexity index is 552. The normalized spacial score (nSPS) is 10.1. The Morgan fingerprint density at radius 2 is 2.31 bits per heavy atom. The fourth-order valence-electron chi connectivity index (χ4n) is 1.57. The van der Waals surface area contributed by atoms with Gasteiger partial charge in [-0.2, -0.15) is 10.4 Å². The lowest BCUT2D eigenvalue weighted by atomic mass is 10.0. The molecule has 0 aliphatic carbocycles. The molecule has 0 atom stereocenters. The van der Waals surface area contributed by atoms with Gasteiger partial charge in [-0.15, -0.1) is 0 Å². The molecule has 1 aromatic carbocycles. The molecule has 0 N–H and O–H groups in total. The molecule has 16 heavy (non-hydrogen) atoms. The topological polar surface area (TPSA) is 41.6 Å². The summed E-state index contributed by atoms with van der Waals surface area (Å²) in [5.74, 6) is 0. The van der Waals surface area contributed by atoms with Gasteiger partial charge < -0.3 is 0 Å². The third-order valence-electron chi connectivity index (χ3n) is 2.38. The second-order valence-corrected chi connectivity index (χ2v) is 3.98. The minimum absolute atomic E-state index is 0.264. The number of halogens is 1. The van der Waals surface area contributed by atoms with E-state index in [1.54, 1.807) is 10.9 Å². The van der Waals surface area contributed by atoms with Crippen LogP contribution in [0.2, 0.25) is 5.02 Å². The van der Waals surface area contributed by atoms with E-state index in [-0.39, 0.29) is 6.54 Å². The Kier molecular flexibility index (Phi) is 2.93. The summed E-state index contributed by atoms with van der Waals surface area (Å²) in [5, 5.41) is 13.4. The van der Waals surface area contributed by atoms with E-state index in [9.17, 15) is 0 Å². The fraction of sp³-hybridized carbons (Fsp3) is 0.167. The largest absolute Gasteiger partial charge is 0.258 e. The summed E-state index contributed by atoms with van der Waals surface area (Å²) in [6.07, 6.45) is 3.60. The molecule has 3 nitrogen and oxygen atoms in total. The van der Waals surface area contributed by atoms with Gasteiger partial charge in [0, 0.05) is 16.8 Å². The van der Waals surface area contributed by atoms with E-state index < -0.39 is 0 Å². The lowest BCUT2D eigenvalue weighted by Crippen LogP contribution is -1.94. The van der Waals surface area contributed by atoms with E-state index in [1.807, 2.05) is 37.4 Å². The zero-order valence-corrected chi connectivity index (χ0v) is 9.57. The molecule has 0 amide bonds. The van der Waals surface area contributed by atoms with Gasteiger partial charge in [0.25, 0.3) is 0 Å². The number of aromatic nitrogens is 2. The molecule has 4 heteroatoms. The second kappa shape index (κ2) is 4.38. The highest BCUT2D eigenvalue weighted by atomic mass is 35.5. The van der Waals surface area contributed by atoms with Gasteiger partial charge in [0.1, 0.15) is 6.54 Å². The molecule has 0 saturated carbocycles. The van der Waals surface area contributed by atoms with Crippen LogP contribution in [-0.4, -0.2) is 9.78 Å². The van der Waals surface area contributed by atoms with Crippen LogP contribution in [0.1, 0.15) is 5.56 Å². The van der Waals surface area contributed by atoms with Gasteiger partial charge >= 0.3 is 0 Å². The number of nitriles is 1. The van der Waals surface area contributed by atoms with Gasteiger partial charge in [0.2, 0.25) is 0 Å². The quantitative estimate of drug-likeness (QED) is 0.797. The Morgan fingerprint density at radius 3 is 3.06 bits per heavy atom. The lowest BCUT2D eigenvalue weighted by Gasteiger charge is -2.02. The molecule has 1 heterocycles. The first kappa shape index (κ1) is 10.7. The smallest absolute Gasteiger partial charge is 0.128 e. The maximum Gasteiger partial charge on any atom is 0.128 e.